The van der Waals surface area contributed by atoms with E-state index in [0.29, 0.717) is 30.8 Å². The van der Waals surface area contributed by atoms with E-state index in [-0.39, 0.29) is 18.4 Å². The van der Waals surface area contributed by atoms with Gasteiger partial charge >= 0.3 is 6.09 Å². The van der Waals surface area contributed by atoms with Crippen LogP contribution in [0.1, 0.15) is 24.0 Å². The van der Waals surface area contributed by atoms with Gasteiger partial charge in [-0.05, 0) is 48.2 Å². The molecule has 0 radical (unpaired) electrons. The van der Waals surface area contributed by atoms with E-state index in [1.54, 1.807) is 24.3 Å². The van der Waals surface area contributed by atoms with Crippen LogP contribution >= 0.6 is 0 Å². The standard InChI is InChI=1S/C28H29N3O5/c32-26(29-22-13-15-23(16-14-22)30-27(33)25-12-7-17-35-25)24(18-20-8-3-1-4-9-20)31-28(34)36-19-21-10-5-2-6-11-21/h1-6,8-11,13-16,24-25H,7,12,17-19H2,(H,29,32)(H,30,33)(H,31,34)/t24-,25+/m0/s1. The summed E-state index contributed by atoms with van der Waals surface area (Å²) in [6.45, 7) is 0.701. The van der Waals surface area contributed by atoms with Crippen molar-refractivity contribution in [3.05, 3.63) is 96.1 Å². The van der Waals surface area contributed by atoms with Gasteiger partial charge in [-0.25, -0.2) is 4.79 Å². The molecule has 0 spiro atoms. The molecule has 1 saturated heterocycles. The Morgan fingerprint density at radius 2 is 1.44 bits per heavy atom. The SMILES string of the molecule is O=C(N[C@@H](Cc1ccccc1)C(=O)Nc1ccc(NC(=O)[C@H]2CCCO2)cc1)OCc1ccccc1. The second-order valence-electron chi connectivity index (χ2n) is 8.51. The van der Waals surface area contributed by atoms with Crippen LogP contribution in [0.5, 0.6) is 0 Å². The first-order valence-corrected chi connectivity index (χ1v) is 11.9. The van der Waals surface area contributed by atoms with Gasteiger partial charge in [-0.1, -0.05) is 60.7 Å². The molecule has 186 valence electrons. The number of ether oxygens (including phenoxy) is 2. The summed E-state index contributed by atoms with van der Waals surface area (Å²) < 4.78 is 10.7. The van der Waals surface area contributed by atoms with Gasteiger partial charge in [0.25, 0.3) is 5.91 Å². The highest BCUT2D eigenvalue weighted by Gasteiger charge is 2.24. The van der Waals surface area contributed by atoms with Crippen molar-refractivity contribution in [2.24, 2.45) is 0 Å². The number of carbonyl (C=O) groups excluding carboxylic acids is 3. The molecule has 3 aromatic carbocycles. The molecule has 3 amide bonds. The van der Waals surface area contributed by atoms with Crippen molar-refractivity contribution in [1.29, 1.82) is 0 Å². The van der Waals surface area contributed by atoms with Crippen molar-refractivity contribution < 1.29 is 23.9 Å². The van der Waals surface area contributed by atoms with E-state index in [4.69, 9.17) is 9.47 Å². The first kappa shape index (κ1) is 24.9. The molecule has 36 heavy (non-hydrogen) atoms. The molecule has 8 nitrogen and oxygen atoms in total. The lowest BCUT2D eigenvalue weighted by Crippen LogP contribution is -2.45. The van der Waals surface area contributed by atoms with Gasteiger partial charge in [0.1, 0.15) is 18.8 Å². The van der Waals surface area contributed by atoms with Gasteiger partial charge in [0.15, 0.2) is 0 Å². The van der Waals surface area contributed by atoms with Gasteiger partial charge in [-0.15, -0.1) is 0 Å². The van der Waals surface area contributed by atoms with Crippen molar-refractivity contribution >= 4 is 29.3 Å². The van der Waals surface area contributed by atoms with Crippen LogP contribution < -0.4 is 16.0 Å². The quantitative estimate of drug-likeness (QED) is 0.418. The van der Waals surface area contributed by atoms with Crippen molar-refractivity contribution in [3.8, 4) is 0 Å². The molecule has 3 N–H and O–H groups in total. The fourth-order valence-corrected chi connectivity index (χ4v) is 3.84. The Kier molecular flexibility index (Phi) is 8.67. The molecule has 3 aromatic rings. The van der Waals surface area contributed by atoms with Gasteiger partial charge in [-0.2, -0.15) is 0 Å². The Bertz CT molecular complexity index is 1150. The van der Waals surface area contributed by atoms with Crippen molar-refractivity contribution in [2.75, 3.05) is 17.2 Å². The molecule has 0 aliphatic carbocycles. The predicted octanol–water partition coefficient (Wildman–Crippen LogP) is 4.28. The fourth-order valence-electron chi connectivity index (χ4n) is 3.84. The maximum atomic E-state index is 13.1. The number of alkyl carbamates (subject to hydrolysis) is 1. The van der Waals surface area contributed by atoms with Crippen LogP contribution in [0.3, 0.4) is 0 Å². The minimum absolute atomic E-state index is 0.103. The summed E-state index contributed by atoms with van der Waals surface area (Å²) >= 11 is 0. The zero-order valence-corrected chi connectivity index (χ0v) is 19.8. The Hall–Kier alpha value is -4.17. The highest BCUT2D eigenvalue weighted by molar-refractivity contribution is 5.97. The van der Waals surface area contributed by atoms with E-state index in [2.05, 4.69) is 16.0 Å². The zero-order chi connectivity index (χ0) is 25.2. The number of benzene rings is 3. The lowest BCUT2D eigenvalue weighted by atomic mass is 10.1. The number of anilines is 2. The molecule has 0 bridgehead atoms. The number of hydrogen-bond donors (Lipinski definition) is 3. The molecular weight excluding hydrogens is 458 g/mol. The lowest BCUT2D eigenvalue weighted by molar-refractivity contribution is -0.124. The molecule has 1 heterocycles. The monoisotopic (exact) mass is 487 g/mol. The van der Waals surface area contributed by atoms with Gasteiger partial charge < -0.3 is 25.4 Å². The highest BCUT2D eigenvalue weighted by atomic mass is 16.5. The minimum atomic E-state index is -0.852. The molecule has 8 heteroatoms. The summed E-state index contributed by atoms with van der Waals surface area (Å²) in [5, 5.41) is 8.33. The third-order valence-electron chi connectivity index (χ3n) is 5.75. The van der Waals surface area contributed by atoms with Crippen LogP contribution in [-0.2, 0) is 32.1 Å². The largest absolute Gasteiger partial charge is 0.445 e. The van der Waals surface area contributed by atoms with Crippen LogP contribution in [0.15, 0.2) is 84.9 Å². The molecule has 1 aliphatic rings. The fraction of sp³-hybridized carbons (Fsp3) is 0.250. The van der Waals surface area contributed by atoms with Crippen LogP contribution in [0.4, 0.5) is 16.2 Å². The molecule has 0 saturated carbocycles. The normalized spacial score (nSPS) is 15.5. The Labute approximate surface area is 210 Å². The molecule has 1 aliphatic heterocycles. The Morgan fingerprint density at radius 1 is 0.833 bits per heavy atom. The second kappa shape index (κ2) is 12.5. The van der Waals surface area contributed by atoms with Gasteiger partial charge in [0, 0.05) is 24.4 Å². The first-order chi connectivity index (χ1) is 17.6. The van der Waals surface area contributed by atoms with Crippen LogP contribution in [0.2, 0.25) is 0 Å². The summed E-state index contributed by atoms with van der Waals surface area (Å²) in [5.74, 6) is -0.558. The summed E-state index contributed by atoms with van der Waals surface area (Å²) in [4.78, 5) is 37.8. The summed E-state index contributed by atoms with van der Waals surface area (Å²) in [5.41, 5.74) is 2.89. The molecule has 1 fully saturated rings. The molecular formula is C28H29N3O5. The van der Waals surface area contributed by atoms with Crippen LogP contribution in [0, 0.1) is 0 Å². The average molecular weight is 488 g/mol. The number of hydrogen-bond acceptors (Lipinski definition) is 5. The number of rotatable bonds is 9. The summed E-state index contributed by atoms with van der Waals surface area (Å²) in [6, 6.07) is 24.7. The maximum Gasteiger partial charge on any atom is 0.408 e. The zero-order valence-electron chi connectivity index (χ0n) is 19.8. The van der Waals surface area contributed by atoms with Crippen molar-refractivity contribution in [3.63, 3.8) is 0 Å². The number of amides is 3. The molecule has 0 unspecified atom stereocenters. The Balaban J connectivity index is 1.36. The van der Waals surface area contributed by atoms with Crippen LogP contribution in [0.25, 0.3) is 0 Å². The lowest BCUT2D eigenvalue weighted by Gasteiger charge is -2.19. The summed E-state index contributed by atoms with van der Waals surface area (Å²) in [7, 11) is 0. The van der Waals surface area contributed by atoms with Gasteiger partial charge in [0.2, 0.25) is 5.91 Å². The second-order valence-corrected chi connectivity index (χ2v) is 8.51. The van der Waals surface area contributed by atoms with Crippen molar-refractivity contribution in [2.45, 2.75) is 38.0 Å². The van der Waals surface area contributed by atoms with Crippen molar-refractivity contribution in [1.82, 2.24) is 5.32 Å². The third-order valence-corrected chi connectivity index (χ3v) is 5.75. The van der Waals surface area contributed by atoms with E-state index < -0.39 is 18.2 Å². The summed E-state index contributed by atoms with van der Waals surface area (Å²) in [6.07, 6.45) is 0.783. The molecule has 0 aromatic heterocycles. The van der Waals surface area contributed by atoms with Gasteiger partial charge in [0.05, 0.1) is 0 Å². The van der Waals surface area contributed by atoms with E-state index >= 15 is 0 Å². The smallest absolute Gasteiger partial charge is 0.408 e. The average Bonchev–Trinajstić information content (AvgIpc) is 3.45. The first-order valence-electron chi connectivity index (χ1n) is 11.9. The Morgan fingerprint density at radius 3 is 2.06 bits per heavy atom. The van der Waals surface area contributed by atoms with E-state index in [1.165, 1.54) is 0 Å². The van der Waals surface area contributed by atoms with E-state index in [9.17, 15) is 14.4 Å². The van der Waals surface area contributed by atoms with E-state index in [0.717, 1.165) is 17.5 Å². The molecule has 4 rings (SSSR count). The predicted molar refractivity (Wildman–Crippen MR) is 136 cm³/mol. The maximum absolute atomic E-state index is 13.1. The highest BCUT2D eigenvalue weighted by Crippen LogP contribution is 2.18. The van der Waals surface area contributed by atoms with Gasteiger partial charge in [-0.3, -0.25) is 9.59 Å². The number of carbonyl (C=O) groups is 3. The number of nitrogens with one attached hydrogen (secondary N) is 3. The third kappa shape index (κ3) is 7.41. The molecule has 2 atom stereocenters. The topological polar surface area (TPSA) is 106 Å². The minimum Gasteiger partial charge on any atom is -0.445 e. The van der Waals surface area contributed by atoms with Crippen LogP contribution in [-0.4, -0.2) is 36.7 Å². The van der Waals surface area contributed by atoms with E-state index in [1.807, 2.05) is 60.7 Å².